The monoisotopic (exact) mass is 219 g/mol. The number of nitroso groups, excluding NO2 is 1. The molecule has 0 radical (unpaired) electrons. The fraction of sp³-hybridized carbons (Fsp3) is 0.333. The molecule has 72 valence electrons. The van der Waals surface area contributed by atoms with Crippen molar-refractivity contribution in [1.82, 2.24) is 4.31 Å². The van der Waals surface area contributed by atoms with Crippen molar-refractivity contribution in [2.24, 2.45) is 5.18 Å². The van der Waals surface area contributed by atoms with Gasteiger partial charge in [-0.05, 0) is 19.3 Å². The third-order valence-electron chi connectivity index (χ3n) is 1.34. The first-order chi connectivity index (χ1) is 6.07. The quantitative estimate of drug-likeness (QED) is 0.779. The highest BCUT2D eigenvalue weighted by Crippen LogP contribution is 2.35. The van der Waals surface area contributed by atoms with Crippen molar-refractivity contribution in [3.63, 3.8) is 0 Å². The van der Waals surface area contributed by atoms with Gasteiger partial charge in [-0.25, -0.2) is 8.51 Å². The molecule has 0 amide bonds. The average Bonchev–Trinajstić information content (AvgIpc) is 2.45. The lowest BCUT2D eigenvalue weighted by atomic mass is 10.5. The van der Waals surface area contributed by atoms with Crippen molar-refractivity contribution in [1.29, 1.82) is 0 Å². The van der Waals surface area contributed by atoms with Gasteiger partial charge in [0, 0.05) is 5.38 Å². The largest absolute Gasteiger partial charge is 0.396 e. The second kappa shape index (κ2) is 3.95. The topological polar surface area (TPSA) is 75.8 Å². The van der Waals surface area contributed by atoms with E-state index < -0.39 is 11.0 Å². The zero-order valence-corrected chi connectivity index (χ0v) is 8.82. The van der Waals surface area contributed by atoms with Crippen LogP contribution in [0.15, 0.2) is 14.8 Å². The molecule has 13 heavy (non-hydrogen) atoms. The lowest BCUT2D eigenvalue weighted by Crippen LogP contribution is -2.14. The average molecular weight is 219 g/mol. The van der Waals surface area contributed by atoms with Crippen LogP contribution in [0.3, 0.4) is 0 Å². The number of anilines is 1. The molecule has 1 atom stereocenters. The standard InChI is InChI=1S/C6H9N3O2S2/c1-9(2)13(11)6-5(8-10)4(7)3-12-6/h3H,7H2,1-2H3. The molecule has 0 saturated heterocycles. The number of thiophene rings is 1. The van der Waals surface area contributed by atoms with Gasteiger partial charge in [0.25, 0.3) is 0 Å². The molecule has 0 fully saturated rings. The summed E-state index contributed by atoms with van der Waals surface area (Å²) in [5.41, 5.74) is 5.83. The van der Waals surface area contributed by atoms with Crippen LogP contribution in [0, 0.1) is 4.91 Å². The molecule has 5 nitrogen and oxygen atoms in total. The smallest absolute Gasteiger partial charge is 0.159 e. The predicted molar refractivity (Wildman–Crippen MR) is 54.3 cm³/mol. The van der Waals surface area contributed by atoms with Crippen molar-refractivity contribution in [2.75, 3.05) is 19.8 Å². The van der Waals surface area contributed by atoms with Gasteiger partial charge in [0.1, 0.15) is 15.2 Å². The third kappa shape index (κ3) is 1.93. The van der Waals surface area contributed by atoms with Gasteiger partial charge in [-0.2, -0.15) is 0 Å². The summed E-state index contributed by atoms with van der Waals surface area (Å²) in [6.45, 7) is 0. The van der Waals surface area contributed by atoms with Gasteiger partial charge < -0.3 is 5.73 Å². The number of nitrogens with zero attached hydrogens (tertiary/aromatic N) is 2. The van der Waals surface area contributed by atoms with Gasteiger partial charge in [0.05, 0.1) is 5.69 Å². The van der Waals surface area contributed by atoms with E-state index in [0.29, 0.717) is 4.21 Å². The lowest BCUT2D eigenvalue weighted by Gasteiger charge is -2.06. The first kappa shape index (κ1) is 10.3. The van der Waals surface area contributed by atoms with Crippen molar-refractivity contribution in [2.45, 2.75) is 4.21 Å². The summed E-state index contributed by atoms with van der Waals surface area (Å²) in [5, 5.41) is 4.31. The molecule has 0 bridgehead atoms. The Kier molecular flexibility index (Phi) is 3.12. The predicted octanol–water partition coefficient (Wildman–Crippen LogP) is 1.31. The molecule has 0 saturated carbocycles. The molecule has 1 unspecified atom stereocenters. The minimum atomic E-state index is -1.35. The zero-order valence-electron chi connectivity index (χ0n) is 7.18. The van der Waals surface area contributed by atoms with E-state index >= 15 is 0 Å². The minimum Gasteiger partial charge on any atom is -0.396 e. The van der Waals surface area contributed by atoms with Crippen LogP contribution in [0.5, 0.6) is 0 Å². The van der Waals surface area contributed by atoms with Crippen LogP contribution in [0.25, 0.3) is 0 Å². The molecule has 1 rings (SSSR count). The van der Waals surface area contributed by atoms with Crippen molar-refractivity contribution in [3.8, 4) is 0 Å². The fourth-order valence-electron chi connectivity index (χ4n) is 0.726. The fourth-order valence-corrected chi connectivity index (χ4v) is 2.91. The highest BCUT2D eigenvalue weighted by atomic mass is 32.2. The van der Waals surface area contributed by atoms with Crippen LogP contribution in [0.4, 0.5) is 11.4 Å². The molecule has 2 N–H and O–H groups in total. The highest BCUT2D eigenvalue weighted by Gasteiger charge is 2.17. The van der Waals surface area contributed by atoms with Gasteiger partial charge >= 0.3 is 0 Å². The molecule has 0 aliphatic rings. The van der Waals surface area contributed by atoms with Gasteiger partial charge in [0.15, 0.2) is 5.69 Å². The van der Waals surface area contributed by atoms with E-state index in [9.17, 15) is 9.12 Å². The zero-order chi connectivity index (χ0) is 10.0. The second-order valence-electron chi connectivity index (χ2n) is 2.48. The molecule has 0 spiro atoms. The number of rotatable bonds is 3. The van der Waals surface area contributed by atoms with Crippen LogP contribution < -0.4 is 5.73 Å². The molecule has 7 heteroatoms. The molecule has 0 aliphatic heterocycles. The molecule has 1 aromatic heterocycles. The number of hydrogen-bond donors (Lipinski definition) is 1. The number of hydrogen-bond acceptors (Lipinski definition) is 5. The maximum absolute atomic E-state index is 11.5. The summed E-state index contributed by atoms with van der Waals surface area (Å²) in [7, 11) is 1.96. The highest BCUT2D eigenvalue weighted by molar-refractivity contribution is 7.85. The van der Waals surface area contributed by atoms with Gasteiger partial charge in [-0.3, -0.25) is 0 Å². The lowest BCUT2D eigenvalue weighted by molar-refractivity contribution is 0.605. The minimum absolute atomic E-state index is 0.0945. The maximum atomic E-state index is 11.5. The first-order valence-corrected chi connectivity index (χ1v) is 5.36. The first-order valence-electron chi connectivity index (χ1n) is 3.37. The Morgan fingerprint density at radius 1 is 1.62 bits per heavy atom. The van der Waals surface area contributed by atoms with Crippen LogP contribution in [0.2, 0.25) is 0 Å². The van der Waals surface area contributed by atoms with Crippen molar-refractivity contribution < 1.29 is 4.21 Å². The van der Waals surface area contributed by atoms with Crippen LogP contribution in [-0.2, 0) is 11.0 Å². The Balaban J connectivity index is 3.14. The molecule has 0 aliphatic carbocycles. The van der Waals surface area contributed by atoms with E-state index in [1.54, 1.807) is 19.5 Å². The van der Waals surface area contributed by atoms with Crippen LogP contribution >= 0.6 is 11.3 Å². The normalized spacial score (nSPS) is 13.2. The molecule has 0 aromatic carbocycles. The summed E-state index contributed by atoms with van der Waals surface area (Å²) < 4.78 is 13.4. The van der Waals surface area contributed by atoms with E-state index in [4.69, 9.17) is 5.73 Å². The maximum Gasteiger partial charge on any atom is 0.159 e. The van der Waals surface area contributed by atoms with Crippen LogP contribution in [0.1, 0.15) is 0 Å². The van der Waals surface area contributed by atoms with Crippen molar-refractivity contribution >= 4 is 33.7 Å². The Labute approximate surface area is 82.1 Å². The van der Waals surface area contributed by atoms with E-state index in [1.165, 1.54) is 15.6 Å². The Morgan fingerprint density at radius 2 is 2.23 bits per heavy atom. The molecular formula is C6H9N3O2S2. The van der Waals surface area contributed by atoms with E-state index in [1.807, 2.05) is 0 Å². The second-order valence-corrected chi connectivity index (χ2v) is 5.25. The molecule has 1 aromatic rings. The summed E-state index contributed by atoms with van der Waals surface area (Å²) >= 11 is 1.18. The van der Waals surface area contributed by atoms with Gasteiger partial charge in [0.2, 0.25) is 0 Å². The summed E-state index contributed by atoms with van der Waals surface area (Å²) in [6.07, 6.45) is 0. The molecular weight excluding hydrogens is 210 g/mol. The third-order valence-corrected chi connectivity index (χ3v) is 4.01. The number of nitrogens with two attached hydrogens (primary N) is 1. The van der Waals surface area contributed by atoms with E-state index in [-0.39, 0.29) is 11.4 Å². The van der Waals surface area contributed by atoms with E-state index in [2.05, 4.69) is 5.18 Å². The summed E-state index contributed by atoms with van der Waals surface area (Å²) in [4.78, 5) is 10.4. The van der Waals surface area contributed by atoms with Gasteiger partial charge in [-0.15, -0.1) is 16.2 Å². The van der Waals surface area contributed by atoms with E-state index in [0.717, 1.165) is 0 Å². The van der Waals surface area contributed by atoms with Crippen molar-refractivity contribution in [3.05, 3.63) is 10.3 Å². The van der Waals surface area contributed by atoms with Gasteiger partial charge in [-0.1, -0.05) is 0 Å². The number of nitrogen functional groups attached to an aromatic ring is 1. The summed E-state index contributed by atoms with van der Waals surface area (Å²) in [5.74, 6) is 0. The Bertz CT molecular complexity index is 348. The SMILES string of the molecule is CN(C)S(=O)c1scc(N)c1N=O. The Hall–Kier alpha value is -0.790. The van der Waals surface area contributed by atoms with Crippen LogP contribution in [-0.4, -0.2) is 22.6 Å². The Morgan fingerprint density at radius 3 is 2.69 bits per heavy atom. The molecule has 1 heterocycles. The summed E-state index contributed by atoms with van der Waals surface area (Å²) in [6, 6.07) is 0.